The van der Waals surface area contributed by atoms with Crippen molar-refractivity contribution in [1.82, 2.24) is 30.5 Å². The molecule has 4 bridgehead atoms. The largest absolute Gasteiger partial charge is 0.450 e. The molecule has 4 heterocycles. The molecule has 4 aliphatic heterocycles. The maximum absolute atomic E-state index is 14.6. The molecule has 0 aromatic heterocycles. The van der Waals surface area contributed by atoms with Crippen molar-refractivity contribution in [2.75, 3.05) is 13.2 Å². The summed E-state index contributed by atoms with van der Waals surface area (Å²) in [5, 5.41) is 7.67. The number of sulfonamides is 1. The predicted molar refractivity (Wildman–Crippen MR) is 191 cm³/mol. The molecule has 0 radical (unpaired) electrons. The second-order valence-electron chi connectivity index (χ2n) is 15.3. The van der Waals surface area contributed by atoms with E-state index in [0.717, 1.165) is 56.1 Å². The normalized spacial score (nSPS) is 30.1. The van der Waals surface area contributed by atoms with E-state index >= 15 is 0 Å². The molecule has 4 N–H and O–H groups in total. The molecular weight excluding hydrogens is 705 g/mol. The zero-order chi connectivity index (χ0) is 37.3. The van der Waals surface area contributed by atoms with Gasteiger partial charge in [-0.1, -0.05) is 56.4 Å². The van der Waals surface area contributed by atoms with E-state index < -0.39 is 75.1 Å². The van der Waals surface area contributed by atoms with Gasteiger partial charge in [-0.05, 0) is 67.6 Å². The Morgan fingerprint density at radius 2 is 1.70 bits per heavy atom. The summed E-state index contributed by atoms with van der Waals surface area (Å²) in [6, 6.07) is 3.11. The molecule has 15 nitrogen and oxygen atoms in total. The van der Waals surface area contributed by atoms with Crippen LogP contribution in [0, 0.1) is 5.92 Å². The van der Waals surface area contributed by atoms with Gasteiger partial charge in [0.05, 0.1) is 24.4 Å². The number of hydrogen-bond donors (Lipinski definition) is 4. The number of fused-ring (bicyclic) bond motifs is 3. The SMILES string of the molecule is C=C[C@@H]1N[C@]1(NC(=O)[C@@H]1C[C@@H]2CN1C(=O)[C@H](C1CCCCC1)NC(=O)OCCCCCCc1cccc3c1CN(C3)C(=O)O2)C(=O)NS(=O)(=O)C1CC1. The quantitative estimate of drug-likeness (QED) is 0.237. The fraction of sp³-hybridized carbons (Fsp3) is 0.649. The summed E-state index contributed by atoms with van der Waals surface area (Å²) < 4.78 is 39.0. The Balaban J connectivity index is 1.15. The Bertz CT molecular complexity index is 1740. The zero-order valence-electron chi connectivity index (χ0n) is 30.0. The van der Waals surface area contributed by atoms with Gasteiger partial charge in [-0.2, -0.15) is 0 Å². The minimum atomic E-state index is -3.94. The fourth-order valence-electron chi connectivity index (χ4n) is 8.34. The summed E-state index contributed by atoms with van der Waals surface area (Å²) in [7, 11) is -3.94. The average molecular weight is 755 g/mol. The van der Waals surface area contributed by atoms with Crippen LogP contribution in [-0.2, 0) is 53.4 Å². The molecule has 2 saturated carbocycles. The van der Waals surface area contributed by atoms with E-state index in [1.807, 2.05) is 12.1 Å². The first kappa shape index (κ1) is 37.1. The number of hydrogen-bond acceptors (Lipinski definition) is 10. The standard InChI is InChI=1S/C37H50N6O9S/c1-2-30-37(39-30,34(46)41-53(49,50)27-16-17-27)40-32(44)29-19-26-21-43(29)33(45)31(24-12-7-5-8-13-24)38-35(47)51-18-9-4-3-6-11-23-14-10-15-25-20-42(22-28(23)25)36(48)52-26/h2,10,14-15,24,26-27,29-31,39H,1,3-9,11-13,16-22H2,(H,38,47)(H,40,44)(H,41,46)/t26-,29+,30+,31+,37-/m1/s1. The number of amides is 5. The molecular formula is C37H50N6O9S. The monoisotopic (exact) mass is 754 g/mol. The highest BCUT2D eigenvalue weighted by atomic mass is 32.2. The molecule has 2 aliphatic carbocycles. The van der Waals surface area contributed by atoms with Crippen molar-refractivity contribution in [2.24, 2.45) is 5.92 Å². The minimum Gasteiger partial charge on any atom is -0.450 e. The third kappa shape index (κ3) is 8.03. The van der Waals surface area contributed by atoms with E-state index in [4.69, 9.17) is 9.47 Å². The van der Waals surface area contributed by atoms with E-state index in [9.17, 15) is 32.4 Å². The molecule has 1 aromatic carbocycles. The van der Waals surface area contributed by atoms with Gasteiger partial charge in [0, 0.05) is 19.5 Å². The van der Waals surface area contributed by atoms with Crippen LogP contribution in [0.5, 0.6) is 0 Å². The van der Waals surface area contributed by atoms with Crippen molar-refractivity contribution in [3.05, 3.63) is 47.5 Å². The second-order valence-corrected chi connectivity index (χ2v) is 17.3. The van der Waals surface area contributed by atoms with Gasteiger partial charge < -0.3 is 25.0 Å². The van der Waals surface area contributed by atoms with Crippen LogP contribution >= 0.6 is 0 Å². The highest BCUT2D eigenvalue weighted by Gasteiger charge is 2.62. The third-order valence-electron chi connectivity index (χ3n) is 11.6. The molecule has 1 aromatic rings. The smallest absolute Gasteiger partial charge is 0.410 e. The Kier molecular flexibility index (Phi) is 10.7. The zero-order valence-corrected chi connectivity index (χ0v) is 30.8. The van der Waals surface area contributed by atoms with Crippen LogP contribution in [0.15, 0.2) is 30.9 Å². The van der Waals surface area contributed by atoms with Crippen LogP contribution in [0.3, 0.4) is 0 Å². The highest BCUT2D eigenvalue weighted by molar-refractivity contribution is 7.91. The summed E-state index contributed by atoms with van der Waals surface area (Å²) >= 11 is 0. The van der Waals surface area contributed by atoms with Crippen molar-refractivity contribution < 1.29 is 41.9 Å². The van der Waals surface area contributed by atoms with Gasteiger partial charge in [0.25, 0.3) is 5.91 Å². The van der Waals surface area contributed by atoms with Gasteiger partial charge >= 0.3 is 12.2 Å². The number of carbonyl (C=O) groups excluding carboxylic acids is 5. The molecule has 5 atom stereocenters. The Morgan fingerprint density at radius 3 is 2.43 bits per heavy atom. The lowest BCUT2D eigenvalue weighted by Crippen LogP contribution is -2.60. The molecule has 4 fully saturated rings. The number of rotatable bonds is 7. The molecule has 16 heteroatoms. The molecule has 0 unspecified atom stereocenters. The maximum atomic E-state index is 14.6. The lowest BCUT2D eigenvalue weighted by molar-refractivity contribution is -0.142. The number of ether oxygens (including phenoxy) is 2. The molecule has 6 aliphatic rings. The summed E-state index contributed by atoms with van der Waals surface area (Å²) in [5.41, 5.74) is 1.54. The summed E-state index contributed by atoms with van der Waals surface area (Å²) in [4.78, 5) is 72.0. The number of benzene rings is 1. The van der Waals surface area contributed by atoms with Crippen LogP contribution in [-0.4, -0.2) is 96.4 Å². The summed E-state index contributed by atoms with van der Waals surface area (Å²) in [5.74, 6) is -2.42. The summed E-state index contributed by atoms with van der Waals surface area (Å²) in [6.45, 7) is 4.57. The number of carbonyl (C=O) groups is 5. The fourth-order valence-corrected chi connectivity index (χ4v) is 9.69. The van der Waals surface area contributed by atoms with Crippen molar-refractivity contribution in [3.63, 3.8) is 0 Å². The molecule has 0 spiro atoms. The molecule has 2 saturated heterocycles. The first-order valence-electron chi connectivity index (χ1n) is 19.1. The molecule has 7 rings (SSSR count). The van der Waals surface area contributed by atoms with Gasteiger partial charge in [0.15, 0.2) is 5.66 Å². The predicted octanol–water partition coefficient (Wildman–Crippen LogP) is 2.48. The topological polar surface area (TPSA) is 202 Å². The third-order valence-corrected chi connectivity index (χ3v) is 13.4. The first-order chi connectivity index (χ1) is 25.5. The minimum absolute atomic E-state index is 0.0754. The Labute approximate surface area is 310 Å². The van der Waals surface area contributed by atoms with Crippen LogP contribution < -0.4 is 20.7 Å². The van der Waals surface area contributed by atoms with E-state index in [2.05, 4.69) is 33.3 Å². The van der Waals surface area contributed by atoms with E-state index in [1.165, 1.54) is 16.5 Å². The number of aryl methyl sites for hydroxylation is 1. The van der Waals surface area contributed by atoms with Crippen LogP contribution in [0.2, 0.25) is 0 Å². The molecule has 53 heavy (non-hydrogen) atoms. The van der Waals surface area contributed by atoms with Crippen LogP contribution in [0.1, 0.15) is 93.7 Å². The first-order valence-corrected chi connectivity index (χ1v) is 20.6. The summed E-state index contributed by atoms with van der Waals surface area (Å²) in [6.07, 6.45) is 8.50. The van der Waals surface area contributed by atoms with Gasteiger partial charge in [0.1, 0.15) is 18.2 Å². The number of alkyl carbamates (subject to hydrolysis) is 1. The van der Waals surface area contributed by atoms with Gasteiger partial charge in [-0.3, -0.25) is 24.6 Å². The van der Waals surface area contributed by atoms with Gasteiger partial charge in [0.2, 0.25) is 21.8 Å². The number of cyclic esters (lactones) is 1. The van der Waals surface area contributed by atoms with E-state index in [0.29, 0.717) is 45.2 Å². The van der Waals surface area contributed by atoms with Gasteiger partial charge in [-0.15, -0.1) is 6.58 Å². The van der Waals surface area contributed by atoms with E-state index in [-0.39, 0.29) is 25.5 Å². The Hall–Kier alpha value is -4.18. The highest BCUT2D eigenvalue weighted by Crippen LogP contribution is 2.34. The second kappa shape index (κ2) is 15.3. The molecule has 5 amide bonds. The van der Waals surface area contributed by atoms with Crippen molar-refractivity contribution >= 4 is 39.9 Å². The maximum Gasteiger partial charge on any atom is 0.410 e. The van der Waals surface area contributed by atoms with Crippen molar-refractivity contribution in [2.45, 2.75) is 132 Å². The van der Waals surface area contributed by atoms with E-state index in [1.54, 1.807) is 4.90 Å². The Morgan fingerprint density at radius 1 is 0.962 bits per heavy atom. The van der Waals surface area contributed by atoms with Gasteiger partial charge in [-0.25, -0.2) is 22.7 Å². The number of nitrogens with one attached hydrogen (secondary N) is 4. The molecule has 288 valence electrons. The lowest BCUT2D eigenvalue weighted by Gasteiger charge is -2.34. The van der Waals surface area contributed by atoms with Crippen LogP contribution in [0.4, 0.5) is 9.59 Å². The lowest BCUT2D eigenvalue weighted by atomic mass is 9.83. The average Bonchev–Trinajstić information content (AvgIpc) is 4.04. The van der Waals surface area contributed by atoms with Crippen LogP contribution in [0.25, 0.3) is 0 Å². The number of nitrogens with zero attached hydrogens (tertiary/aromatic N) is 2. The van der Waals surface area contributed by atoms with Crippen molar-refractivity contribution in [1.29, 1.82) is 0 Å². The van der Waals surface area contributed by atoms with Crippen molar-refractivity contribution in [3.8, 4) is 0 Å².